The number of amides is 1. The van der Waals surface area contributed by atoms with Gasteiger partial charge in [-0.2, -0.15) is 0 Å². The molecule has 2 rings (SSSR count). The second kappa shape index (κ2) is 7.27. The van der Waals surface area contributed by atoms with Gasteiger partial charge in [-0.25, -0.2) is 13.6 Å². The highest BCUT2D eigenvalue weighted by Crippen LogP contribution is 2.23. The largest absolute Gasteiger partial charge is 0.507 e. The Balaban J connectivity index is 2.04. The fourth-order valence-electron chi connectivity index (χ4n) is 1.78. The zero-order chi connectivity index (χ0) is 17.9. The average Bonchev–Trinajstić information content (AvgIpc) is 2.49. The highest BCUT2D eigenvalue weighted by atomic mass is 35.5. The number of phenolic OH excluding ortho intramolecular Hbond substituents is 1. The summed E-state index contributed by atoms with van der Waals surface area (Å²) in [6.45, 7) is 1.27. The van der Waals surface area contributed by atoms with Crippen molar-refractivity contribution in [1.82, 2.24) is 0 Å². The molecule has 2 aromatic carbocycles. The molecule has 5 nitrogen and oxygen atoms in total. The number of carbonyl (C=O) groups excluding carboxylic acids is 2. The number of carbonyl (C=O) groups is 2. The van der Waals surface area contributed by atoms with E-state index in [1.54, 1.807) is 0 Å². The maximum absolute atomic E-state index is 13.5. The van der Waals surface area contributed by atoms with Crippen LogP contribution in [-0.2, 0) is 9.53 Å². The molecule has 2 aromatic rings. The second-order valence-electron chi connectivity index (χ2n) is 4.82. The number of nitrogens with one attached hydrogen (secondary N) is 1. The van der Waals surface area contributed by atoms with Crippen LogP contribution in [-0.4, -0.2) is 23.1 Å². The minimum absolute atomic E-state index is 0.174. The first-order valence-corrected chi connectivity index (χ1v) is 7.11. The van der Waals surface area contributed by atoms with E-state index < -0.39 is 35.4 Å². The summed E-state index contributed by atoms with van der Waals surface area (Å²) in [4.78, 5) is 23.8. The smallest absolute Gasteiger partial charge is 0.342 e. The van der Waals surface area contributed by atoms with Crippen LogP contribution in [0.3, 0.4) is 0 Å². The molecule has 0 spiro atoms. The summed E-state index contributed by atoms with van der Waals surface area (Å²) in [5.74, 6) is -3.92. The first-order chi connectivity index (χ1) is 11.3. The van der Waals surface area contributed by atoms with Gasteiger partial charge in [0.2, 0.25) is 0 Å². The summed E-state index contributed by atoms with van der Waals surface area (Å²) in [6, 6.07) is 6.39. The molecule has 0 bridgehead atoms. The quantitative estimate of drug-likeness (QED) is 0.823. The summed E-state index contributed by atoms with van der Waals surface area (Å²) in [5.41, 5.74) is -0.425. The van der Waals surface area contributed by atoms with Crippen molar-refractivity contribution >= 4 is 29.2 Å². The molecule has 126 valence electrons. The van der Waals surface area contributed by atoms with Crippen molar-refractivity contribution < 1.29 is 28.2 Å². The van der Waals surface area contributed by atoms with E-state index in [9.17, 15) is 23.5 Å². The Hall–Kier alpha value is -2.67. The van der Waals surface area contributed by atoms with E-state index in [4.69, 9.17) is 16.3 Å². The second-order valence-corrected chi connectivity index (χ2v) is 5.26. The number of halogens is 3. The lowest BCUT2D eigenvalue weighted by Crippen LogP contribution is -2.30. The van der Waals surface area contributed by atoms with Crippen LogP contribution >= 0.6 is 11.6 Å². The maximum Gasteiger partial charge on any atom is 0.342 e. The third kappa shape index (κ3) is 4.20. The standard InChI is InChI=1S/C16H12ClF2NO4/c1-8(15(22)20-13-5-3-10(18)7-12(13)19)24-16(23)11-4-2-9(17)6-14(11)21/h2-8,21H,1H3,(H,20,22)/t8-/m1/s1. The van der Waals surface area contributed by atoms with Gasteiger partial charge < -0.3 is 15.2 Å². The number of phenols is 1. The molecule has 8 heteroatoms. The molecule has 0 aliphatic rings. The normalized spacial score (nSPS) is 11.7. The predicted molar refractivity (Wildman–Crippen MR) is 83.0 cm³/mol. The first-order valence-electron chi connectivity index (χ1n) is 6.73. The molecule has 0 heterocycles. The summed E-state index contributed by atoms with van der Waals surface area (Å²) in [7, 11) is 0. The third-order valence-electron chi connectivity index (χ3n) is 3.02. The SMILES string of the molecule is C[C@@H](OC(=O)c1ccc(Cl)cc1O)C(=O)Nc1ccc(F)cc1F. The summed E-state index contributed by atoms with van der Waals surface area (Å²) in [5, 5.41) is 12.0. The van der Waals surface area contributed by atoms with Gasteiger partial charge in [-0.15, -0.1) is 0 Å². The fraction of sp³-hybridized carbons (Fsp3) is 0.125. The van der Waals surface area contributed by atoms with Gasteiger partial charge in [-0.1, -0.05) is 11.6 Å². The maximum atomic E-state index is 13.5. The van der Waals surface area contributed by atoms with Crippen molar-refractivity contribution in [2.24, 2.45) is 0 Å². The zero-order valence-corrected chi connectivity index (χ0v) is 13.1. The van der Waals surface area contributed by atoms with E-state index in [0.29, 0.717) is 6.07 Å². The number of hydrogen-bond acceptors (Lipinski definition) is 4. The van der Waals surface area contributed by atoms with E-state index in [1.165, 1.54) is 19.1 Å². The molecule has 0 saturated carbocycles. The molecule has 0 unspecified atom stereocenters. The molecule has 0 saturated heterocycles. The van der Waals surface area contributed by atoms with Crippen LogP contribution < -0.4 is 5.32 Å². The number of ether oxygens (including phenoxy) is 1. The number of aromatic hydroxyl groups is 1. The van der Waals surface area contributed by atoms with Gasteiger partial charge in [-0.05, 0) is 37.3 Å². The molecule has 2 N–H and O–H groups in total. The van der Waals surface area contributed by atoms with Crippen LogP contribution in [0.15, 0.2) is 36.4 Å². The Kier molecular flexibility index (Phi) is 5.35. The highest BCUT2D eigenvalue weighted by molar-refractivity contribution is 6.30. The number of benzene rings is 2. The van der Waals surface area contributed by atoms with Crippen molar-refractivity contribution in [2.45, 2.75) is 13.0 Å². The van der Waals surface area contributed by atoms with Crippen molar-refractivity contribution in [2.75, 3.05) is 5.32 Å². The predicted octanol–water partition coefficient (Wildman–Crippen LogP) is 3.51. The van der Waals surface area contributed by atoms with Crippen LogP contribution in [0.4, 0.5) is 14.5 Å². The fourth-order valence-corrected chi connectivity index (χ4v) is 1.95. The van der Waals surface area contributed by atoms with Gasteiger partial charge in [0.15, 0.2) is 6.10 Å². The minimum atomic E-state index is -1.28. The van der Waals surface area contributed by atoms with Crippen molar-refractivity contribution in [1.29, 1.82) is 0 Å². The number of hydrogen-bond donors (Lipinski definition) is 2. The third-order valence-corrected chi connectivity index (χ3v) is 3.26. The minimum Gasteiger partial charge on any atom is -0.507 e. The Morgan fingerprint density at radius 2 is 1.92 bits per heavy atom. The van der Waals surface area contributed by atoms with Gasteiger partial charge >= 0.3 is 5.97 Å². The van der Waals surface area contributed by atoms with Gasteiger partial charge in [0.05, 0.1) is 5.69 Å². The van der Waals surface area contributed by atoms with Crippen LogP contribution in [0, 0.1) is 11.6 Å². The van der Waals surface area contributed by atoms with Crippen molar-refractivity contribution in [3.05, 3.63) is 58.6 Å². The summed E-state index contributed by atoms with van der Waals surface area (Å²) >= 11 is 5.66. The van der Waals surface area contributed by atoms with E-state index in [-0.39, 0.29) is 16.3 Å². The Labute approximate surface area is 140 Å². The van der Waals surface area contributed by atoms with Crippen LogP contribution in [0.5, 0.6) is 5.75 Å². The van der Waals surface area contributed by atoms with Crippen LogP contribution in [0.25, 0.3) is 0 Å². The van der Waals surface area contributed by atoms with Gasteiger partial charge in [0, 0.05) is 11.1 Å². The van der Waals surface area contributed by atoms with Crippen LogP contribution in [0.1, 0.15) is 17.3 Å². The molecule has 0 aromatic heterocycles. The molecule has 0 aliphatic carbocycles. The Morgan fingerprint density at radius 3 is 2.54 bits per heavy atom. The summed E-state index contributed by atoms with van der Waals surface area (Å²) in [6.07, 6.45) is -1.28. The van der Waals surface area contributed by atoms with Crippen molar-refractivity contribution in [3.8, 4) is 5.75 Å². The molecule has 0 fully saturated rings. The molecule has 24 heavy (non-hydrogen) atoms. The molecule has 0 aliphatic heterocycles. The van der Waals surface area contributed by atoms with E-state index in [1.807, 2.05) is 0 Å². The Morgan fingerprint density at radius 1 is 1.21 bits per heavy atom. The van der Waals surface area contributed by atoms with Crippen LogP contribution in [0.2, 0.25) is 5.02 Å². The van der Waals surface area contributed by atoms with E-state index in [0.717, 1.165) is 18.2 Å². The zero-order valence-electron chi connectivity index (χ0n) is 12.3. The molecule has 1 amide bonds. The lowest BCUT2D eigenvalue weighted by Gasteiger charge is -2.14. The Bertz CT molecular complexity index is 798. The summed E-state index contributed by atoms with van der Waals surface area (Å²) < 4.78 is 31.2. The molecular formula is C16H12ClF2NO4. The first kappa shape index (κ1) is 17.7. The van der Waals surface area contributed by atoms with Gasteiger partial charge in [0.1, 0.15) is 22.9 Å². The lowest BCUT2D eigenvalue weighted by molar-refractivity contribution is -0.123. The topological polar surface area (TPSA) is 75.6 Å². The number of esters is 1. The number of rotatable bonds is 4. The average molecular weight is 356 g/mol. The van der Waals surface area contributed by atoms with Gasteiger partial charge in [0.25, 0.3) is 5.91 Å². The molecule has 0 radical (unpaired) electrons. The number of anilines is 1. The highest BCUT2D eigenvalue weighted by Gasteiger charge is 2.22. The lowest BCUT2D eigenvalue weighted by atomic mass is 10.2. The monoisotopic (exact) mass is 355 g/mol. The molecular weight excluding hydrogens is 344 g/mol. The van der Waals surface area contributed by atoms with E-state index in [2.05, 4.69) is 5.32 Å². The van der Waals surface area contributed by atoms with Crippen molar-refractivity contribution in [3.63, 3.8) is 0 Å². The van der Waals surface area contributed by atoms with Gasteiger partial charge in [-0.3, -0.25) is 4.79 Å². The molecule has 1 atom stereocenters. The van der Waals surface area contributed by atoms with E-state index >= 15 is 0 Å².